The highest BCUT2D eigenvalue weighted by Crippen LogP contribution is 2.42. The summed E-state index contributed by atoms with van der Waals surface area (Å²) in [6, 6.07) is 33.7. The quantitative estimate of drug-likeness (QED) is 0.375. The first-order valence-corrected chi connectivity index (χ1v) is 11.4. The molecule has 0 saturated carbocycles. The van der Waals surface area contributed by atoms with Crippen molar-refractivity contribution in [2.75, 3.05) is 16.3 Å². The van der Waals surface area contributed by atoms with E-state index in [-0.39, 0.29) is 6.71 Å². The number of anilines is 5. The van der Waals surface area contributed by atoms with Gasteiger partial charge >= 0.3 is 0 Å². The number of nitrogens with zero attached hydrogens (tertiary/aromatic N) is 2. The molecule has 3 heteroatoms. The summed E-state index contributed by atoms with van der Waals surface area (Å²) >= 11 is 0. The van der Waals surface area contributed by atoms with Crippen LogP contribution in [0.25, 0.3) is 0 Å². The first-order chi connectivity index (χ1) is 15.4. The molecule has 4 aromatic rings. The Hall–Kier alpha value is -3.46. The molecule has 3 aliphatic rings. The molecule has 0 amide bonds. The summed E-state index contributed by atoms with van der Waals surface area (Å²) in [4.78, 5) is 5.07. The first kappa shape index (κ1) is 17.2. The van der Waals surface area contributed by atoms with Crippen LogP contribution >= 0.6 is 0 Å². The molecule has 0 saturated heterocycles. The van der Waals surface area contributed by atoms with Gasteiger partial charge in [0, 0.05) is 35.0 Å². The van der Waals surface area contributed by atoms with E-state index in [0.717, 1.165) is 6.54 Å². The lowest BCUT2D eigenvalue weighted by atomic mass is 9.33. The van der Waals surface area contributed by atoms with Crippen LogP contribution in [-0.2, 0) is 6.42 Å². The summed E-state index contributed by atoms with van der Waals surface area (Å²) in [5.74, 6) is 0. The molecule has 0 unspecified atom stereocenters. The monoisotopic (exact) mass is 398 g/mol. The maximum Gasteiger partial charge on any atom is 0.252 e. The molecule has 3 aliphatic heterocycles. The SMILES string of the molecule is c1ccc(N2c3ccccc3B3c4cccc5c4N(CCCC5)c4cccc2c43)cc1. The Bertz CT molecular complexity index is 1310. The number of hydrogen-bond acceptors (Lipinski definition) is 2. The van der Waals surface area contributed by atoms with Gasteiger partial charge in [0.2, 0.25) is 0 Å². The van der Waals surface area contributed by atoms with Gasteiger partial charge in [-0.3, -0.25) is 0 Å². The van der Waals surface area contributed by atoms with Crippen molar-refractivity contribution in [1.29, 1.82) is 0 Å². The number of aryl methyl sites for hydroxylation is 1. The predicted octanol–water partition coefficient (Wildman–Crippen LogP) is 4.77. The van der Waals surface area contributed by atoms with Gasteiger partial charge in [-0.1, -0.05) is 60.7 Å². The van der Waals surface area contributed by atoms with Crippen molar-refractivity contribution < 1.29 is 0 Å². The molecule has 148 valence electrons. The van der Waals surface area contributed by atoms with Crippen LogP contribution < -0.4 is 26.2 Å². The molecule has 0 aromatic heterocycles. The number of benzene rings is 4. The smallest absolute Gasteiger partial charge is 0.252 e. The minimum absolute atomic E-state index is 0.284. The fourth-order valence-corrected chi connectivity index (χ4v) is 5.98. The van der Waals surface area contributed by atoms with Crippen LogP contribution in [0.5, 0.6) is 0 Å². The van der Waals surface area contributed by atoms with E-state index < -0.39 is 0 Å². The topological polar surface area (TPSA) is 6.48 Å². The molecule has 0 spiro atoms. The zero-order valence-electron chi connectivity index (χ0n) is 17.5. The van der Waals surface area contributed by atoms with Gasteiger partial charge in [0.1, 0.15) is 0 Å². The highest BCUT2D eigenvalue weighted by atomic mass is 15.2. The summed E-state index contributed by atoms with van der Waals surface area (Å²) in [7, 11) is 0. The Balaban J connectivity index is 1.58. The fourth-order valence-electron chi connectivity index (χ4n) is 5.98. The zero-order chi connectivity index (χ0) is 20.4. The van der Waals surface area contributed by atoms with Gasteiger partial charge in [-0.25, -0.2) is 0 Å². The van der Waals surface area contributed by atoms with Crippen LogP contribution in [0.1, 0.15) is 18.4 Å². The maximum absolute atomic E-state index is 2.62. The number of fused-ring (bicyclic) bond motifs is 4. The molecule has 0 radical (unpaired) electrons. The van der Waals surface area contributed by atoms with Crippen molar-refractivity contribution in [3.8, 4) is 0 Å². The average Bonchev–Trinajstić information content (AvgIpc) is 3.05. The molecule has 4 aromatic carbocycles. The third-order valence-corrected chi connectivity index (χ3v) is 7.19. The second-order valence-corrected chi connectivity index (χ2v) is 8.84. The van der Waals surface area contributed by atoms with E-state index >= 15 is 0 Å². The van der Waals surface area contributed by atoms with Crippen molar-refractivity contribution in [2.45, 2.75) is 19.3 Å². The molecule has 2 nitrogen and oxygen atoms in total. The van der Waals surface area contributed by atoms with E-state index in [9.17, 15) is 0 Å². The number of hydrogen-bond donors (Lipinski definition) is 0. The van der Waals surface area contributed by atoms with Crippen molar-refractivity contribution >= 4 is 51.5 Å². The fraction of sp³-hybridized carbons (Fsp3) is 0.143. The molecular formula is C28H23BN2. The Morgan fingerprint density at radius 1 is 0.613 bits per heavy atom. The Morgan fingerprint density at radius 3 is 2.29 bits per heavy atom. The molecule has 3 heterocycles. The third kappa shape index (κ3) is 2.35. The van der Waals surface area contributed by atoms with Gasteiger partial charge < -0.3 is 9.80 Å². The molecule has 7 rings (SSSR count). The van der Waals surface area contributed by atoms with E-state index in [4.69, 9.17) is 0 Å². The highest BCUT2D eigenvalue weighted by Gasteiger charge is 2.43. The second kappa shape index (κ2) is 6.52. The molecule has 0 aliphatic carbocycles. The van der Waals surface area contributed by atoms with E-state index in [1.54, 1.807) is 0 Å². The number of rotatable bonds is 1. The average molecular weight is 398 g/mol. The standard InChI is InChI=1S/C28H23BN2/c1-2-12-21(13-3-1)31-24-16-5-4-14-22(24)29-23-15-8-11-20-10-6-7-19-30(28(20)23)25-17-9-18-26(31)27(25)29/h1-5,8-9,11-18H,6-7,10,19H2. The van der Waals surface area contributed by atoms with Gasteiger partial charge in [0.15, 0.2) is 0 Å². The predicted molar refractivity (Wildman–Crippen MR) is 132 cm³/mol. The summed E-state index contributed by atoms with van der Waals surface area (Å²) < 4.78 is 0. The van der Waals surface area contributed by atoms with Crippen molar-refractivity contribution in [3.63, 3.8) is 0 Å². The van der Waals surface area contributed by atoms with Crippen LogP contribution in [0.15, 0.2) is 91.0 Å². The summed E-state index contributed by atoms with van der Waals surface area (Å²) in [6.45, 7) is 1.38. The van der Waals surface area contributed by atoms with Crippen LogP contribution in [0.3, 0.4) is 0 Å². The van der Waals surface area contributed by atoms with Crippen molar-refractivity contribution in [1.82, 2.24) is 0 Å². The second-order valence-electron chi connectivity index (χ2n) is 8.84. The Morgan fingerprint density at radius 2 is 1.35 bits per heavy atom. The lowest BCUT2D eigenvalue weighted by Crippen LogP contribution is -2.62. The zero-order valence-corrected chi connectivity index (χ0v) is 17.5. The highest BCUT2D eigenvalue weighted by molar-refractivity contribution is 7.00. The largest absolute Gasteiger partial charge is 0.342 e. The summed E-state index contributed by atoms with van der Waals surface area (Å²) in [6.07, 6.45) is 3.68. The van der Waals surface area contributed by atoms with E-state index in [0.29, 0.717) is 0 Å². The maximum atomic E-state index is 2.62. The molecule has 0 bridgehead atoms. The molecular weight excluding hydrogens is 375 g/mol. The normalized spacial score (nSPS) is 15.7. The van der Waals surface area contributed by atoms with Crippen molar-refractivity contribution in [2.24, 2.45) is 0 Å². The summed E-state index contributed by atoms with van der Waals surface area (Å²) in [5, 5.41) is 0. The van der Waals surface area contributed by atoms with Gasteiger partial charge in [-0.15, -0.1) is 0 Å². The van der Waals surface area contributed by atoms with Crippen LogP contribution in [0.4, 0.5) is 28.4 Å². The summed E-state index contributed by atoms with van der Waals surface area (Å²) in [5.41, 5.74) is 12.5. The molecule has 0 atom stereocenters. The number of para-hydroxylation sites is 3. The van der Waals surface area contributed by atoms with E-state index in [2.05, 4.69) is 101 Å². The van der Waals surface area contributed by atoms with E-state index in [1.165, 1.54) is 69.7 Å². The van der Waals surface area contributed by atoms with Gasteiger partial charge in [-0.05, 0) is 71.5 Å². The van der Waals surface area contributed by atoms with Gasteiger partial charge in [0.25, 0.3) is 6.71 Å². The van der Waals surface area contributed by atoms with Gasteiger partial charge in [-0.2, -0.15) is 0 Å². The lowest BCUT2D eigenvalue weighted by molar-refractivity contribution is 0.761. The van der Waals surface area contributed by atoms with Crippen molar-refractivity contribution in [3.05, 3.63) is 96.6 Å². The third-order valence-electron chi connectivity index (χ3n) is 7.19. The Labute approximate surface area is 183 Å². The van der Waals surface area contributed by atoms with Crippen LogP contribution in [0.2, 0.25) is 0 Å². The molecule has 31 heavy (non-hydrogen) atoms. The van der Waals surface area contributed by atoms with Gasteiger partial charge in [0.05, 0.1) is 0 Å². The minimum atomic E-state index is 0.284. The molecule has 0 N–H and O–H groups in total. The molecule has 0 fully saturated rings. The van der Waals surface area contributed by atoms with Crippen LogP contribution in [-0.4, -0.2) is 13.3 Å². The van der Waals surface area contributed by atoms with Crippen LogP contribution in [0, 0.1) is 0 Å². The lowest BCUT2D eigenvalue weighted by Gasteiger charge is -2.44. The minimum Gasteiger partial charge on any atom is -0.342 e. The first-order valence-electron chi connectivity index (χ1n) is 11.4. The Kier molecular flexibility index (Phi) is 3.63. The van der Waals surface area contributed by atoms with E-state index in [1.807, 2.05) is 0 Å².